The van der Waals surface area contributed by atoms with Crippen molar-refractivity contribution in [3.05, 3.63) is 29.8 Å². The van der Waals surface area contributed by atoms with E-state index in [0.717, 1.165) is 13.0 Å². The van der Waals surface area contributed by atoms with E-state index in [2.05, 4.69) is 25.1 Å². The van der Waals surface area contributed by atoms with Crippen molar-refractivity contribution in [2.75, 3.05) is 20.6 Å². The van der Waals surface area contributed by atoms with Gasteiger partial charge >= 0.3 is 5.97 Å². The van der Waals surface area contributed by atoms with Crippen LogP contribution < -0.4 is 10.5 Å². The van der Waals surface area contributed by atoms with Crippen LogP contribution in [0.3, 0.4) is 0 Å². The van der Waals surface area contributed by atoms with Crippen molar-refractivity contribution in [1.29, 1.82) is 0 Å². The van der Waals surface area contributed by atoms with Gasteiger partial charge in [-0.3, -0.25) is 0 Å². The molecule has 0 aromatic heterocycles. The van der Waals surface area contributed by atoms with E-state index in [0.29, 0.717) is 17.6 Å². The lowest BCUT2D eigenvalue weighted by Gasteiger charge is -2.34. The molecule has 1 aliphatic rings. The first-order valence-electron chi connectivity index (χ1n) is 9.64. The van der Waals surface area contributed by atoms with E-state index in [1.54, 1.807) is 0 Å². The first kappa shape index (κ1) is 19.9. The molecule has 2 rings (SSSR count). The SMILES string of the molecule is CC[C@H](C)[C@H](N)C(=O)Oc1cccc([C@@H]2CCCC[C@H]2CN(C)C)c1. The van der Waals surface area contributed by atoms with Gasteiger partial charge in [-0.1, -0.05) is 45.2 Å². The van der Waals surface area contributed by atoms with Crippen LogP contribution in [0.2, 0.25) is 0 Å². The number of ether oxygens (including phenoxy) is 1. The predicted octanol–water partition coefficient (Wildman–Crippen LogP) is 3.80. The summed E-state index contributed by atoms with van der Waals surface area (Å²) in [7, 11) is 4.28. The van der Waals surface area contributed by atoms with Crippen molar-refractivity contribution >= 4 is 5.97 Å². The van der Waals surface area contributed by atoms with Crippen LogP contribution in [0.15, 0.2) is 24.3 Å². The molecule has 0 spiro atoms. The fraction of sp³-hybridized carbons (Fsp3) is 0.667. The third-order valence-electron chi connectivity index (χ3n) is 5.54. The second-order valence-electron chi connectivity index (χ2n) is 7.82. The maximum Gasteiger partial charge on any atom is 0.328 e. The zero-order valence-electron chi connectivity index (χ0n) is 16.2. The van der Waals surface area contributed by atoms with Crippen LogP contribution in [0.25, 0.3) is 0 Å². The molecule has 2 N–H and O–H groups in total. The van der Waals surface area contributed by atoms with Crippen LogP contribution in [-0.4, -0.2) is 37.6 Å². The molecule has 0 amide bonds. The molecule has 25 heavy (non-hydrogen) atoms. The standard InChI is InChI=1S/C21H34N2O2/c1-5-15(2)20(22)21(24)25-18-11-8-10-16(13-18)19-12-7-6-9-17(19)14-23(3)4/h8,10-11,13,15,17,19-20H,5-7,9,12,14,22H2,1-4H3/t15-,17-,19-,20-/m0/s1. The van der Waals surface area contributed by atoms with Gasteiger partial charge in [0.2, 0.25) is 0 Å². The van der Waals surface area contributed by atoms with E-state index in [-0.39, 0.29) is 11.9 Å². The van der Waals surface area contributed by atoms with Gasteiger partial charge in [0.05, 0.1) is 0 Å². The van der Waals surface area contributed by atoms with Gasteiger partial charge in [-0.05, 0) is 62.4 Å². The third-order valence-corrected chi connectivity index (χ3v) is 5.54. The number of carbonyl (C=O) groups is 1. The molecular formula is C21H34N2O2. The highest BCUT2D eigenvalue weighted by Gasteiger charge is 2.27. The minimum Gasteiger partial charge on any atom is -0.425 e. The summed E-state index contributed by atoms with van der Waals surface area (Å²) in [5.41, 5.74) is 7.28. The molecule has 0 heterocycles. The minimum atomic E-state index is -0.565. The van der Waals surface area contributed by atoms with Crippen molar-refractivity contribution in [3.63, 3.8) is 0 Å². The fourth-order valence-electron chi connectivity index (χ4n) is 3.81. The summed E-state index contributed by atoms with van der Waals surface area (Å²) < 4.78 is 5.57. The van der Waals surface area contributed by atoms with E-state index < -0.39 is 6.04 Å². The summed E-state index contributed by atoms with van der Waals surface area (Å²) in [5.74, 6) is 1.61. The molecular weight excluding hydrogens is 312 g/mol. The quantitative estimate of drug-likeness (QED) is 0.603. The lowest BCUT2D eigenvalue weighted by molar-refractivity contribution is -0.137. The van der Waals surface area contributed by atoms with Crippen LogP contribution in [0.5, 0.6) is 5.75 Å². The Morgan fingerprint density at radius 3 is 2.72 bits per heavy atom. The zero-order valence-corrected chi connectivity index (χ0v) is 16.2. The Hall–Kier alpha value is -1.39. The second-order valence-corrected chi connectivity index (χ2v) is 7.82. The van der Waals surface area contributed by atoms with Gasteiger partial charge in [0.15, 0.2) is 0 Å². The van der Waals surface area contributed by atoms with Gasteiger partial charge in [-0.15, -0.1) is 0 Å². The molecule has 0 radical (unpaired) electrons. The van der Waals surface area contributed by atoms with Gasteiger partial charge in [0.25, 0.3) is 0 Å². The zero-order chi connectivity index (χ0) is 18.4. The Bertz CT molecular complexity index is 559. The molecule has 0 bridgehead atoms. The number of nitrogens with zero attached hydrogens (tertiary/aromatic N) is 1. The minimum absolute atomic E-state index is 0.124. The molecule has 0 saturated heterocycles. The first-order valence-corrected chi connectivity index (χ1v) is 9.64. The summed E-state index contributed by atoms with van der Waals surface area (Å²) >= 11 is 0. The second kappa shape index (κ2) is 9.35. The van der Waals surface area contributed by atoms with Crippen LogP contribution >= 0.6 is 0 Å². The Balaban J connectivity index is 2.10. The smallest absolute Gasteiger partial charge is 0.328 e. The van der Waals surface area contributed by atoms with Crippen molar-refractivity contribution in [3.8, 4) is 5.75 Å². The van der Waals surface area contributed by atoms with Gasteiger partial charge in [0.1, 0.15) is 11.8 Å². The van der Waals surface area contributed by atoms with Gasteiger partial charge in [-0.25, -0.2) is 4.79 Å². The number of hydrogen-bond acceptors (Lipinski definition) is 4. The number of rotatable bonds is 7. The van der Waals surface area contributed by atoms with E-state index in [1.807, 2.05) is 32.0 Å². The maximum atomic E-state index is 12.3. The van der Waals surface area contributed by atoms with Crippen molar-refractivity contribution in [2.45, 2.75) is 57.9 Å². The van der Waals surface area contributed by atoms with Crippen LogP contribution in [0.4, 0.5) is 0 Å². The van der Waals surface area contributed by atoms with Crippen LogP contribution in [0, 0.1) is 11.8 Å². The molecule has 4 nitrogen and oxygen atoms in total. The average molecular weight is 347 g/mol. The largest absolute Gasteiger partial charge is 0.425 e. The van der Waals surface area contributed by atoms with E-state index in [1.165, 1.54) is 31.2 Å². The number of nitrogens with two attached hydrogens (primary N) is 1. The first-order chi connectivity index (χ1) is 11.9. The van der Waals surface area contributed by atoms with Gasteiger partial charge in [-0.2, -0.15) is 0 Å². The molecule has 1 aromatic rings. The number of benzene rings is 1. The average Bonchev–Trinajstić information content (AvgIpc) is 2.60. The van der Waals surface area contributed by atoms with Crippen molar-refractivity contribution in [1.82, 2.24) is 4.90 Å². The third kappa shape index (κ3) is 5.55. The molecule has 4 heteroatoms. The van der Waals surface area contributed by atoms with Gasteiger partial charge in [0, 0.05) is 6.54 Å². The number of esters is 1. The summed E-state index contributed by atoms with van der Waals surface area (Å²) in [6.45, 7) is 5.12. The van der Waals surface area contributed by atoms with Crippen LogP contribution in [-0.2, 0) is 4.79 Å². The highest BCUT2D eigenvalue weighted by atomic mass is 16.5. The molecule has 4 atom stereocenters. The van der Waals surface area contributed by atoms with E-state index in [4.69, 9.17) is 10.5 Å². The van der Waals surface area contributed by atoms with Crippen LogP contribution in [0.1, 0.15) is 57.4 Å². The number of carbonyl (C=O) groups excluding carboxylic acids is 1. The van der Waals surface area contributed by atoms with Crippen molar-refractivity contribution in [2.24, 2.45) is 17.6 Å². The van der Waals surface area contributed by atoms with E-state index >= 15 is 0 Å². The Kier molecular flexibility index (Phi) is 7.45. The monoisotopic (exact) mass is 346 g/mol. The summed E-state index contributed by atoms with van der Waals surface area (Å²) in [5, 5.41) is 0. The topological polar surface area (TPSA) is 55.6 Å². The molecule has 1 aromatic carbocycles. The predicted molar refractivity (Wildman–Crippen MR) is 103 cm³/mol. The van der Waals surface area contributed by atoms with Gasteiger partial charge < -0.3 is 15.4 Å². The summed E-state index contributed by atoms with van der Waals surface area (Å²) in [4.78, 5) is 14.5. The van der Waals surface area contributed by atoms with E-state index in [9.17, 15) is 4.79 Å². The molecule has 140 valence electrons. The molecule has 0 aliphatic heterocycles. The summed E-state index contributed by atoms with van der Waals surface area (Å²) in [6.07, 6.45) is 5.93. The Morgan fingerprint density at radius 2 is 2.04 bits per heavy atom. The Morgan fingerprint density at radius 1 is 1.32 bits per heavy atom. The highest BCUT2D eigenvalue weighted by Crippen LogP contribution is 2.39. The molecule has 1 aliphatic carbocycles. The maximum absolute atomic E-state index is 12.3. The lowest BCUT2D eigenvalue weighted by atomic mass is 9.75. The molecule has 1 fully saturated rings. The molecule has 1 saturated carbocycles. The lowest BCUT2D eigenvalue weighted by Crippen LogP contribution is -2.39. The van der Waals surface area contributed by atoms with Crippen molar-refractivity contribution < 1.29 is 9.53 Å². The normalized spacial score (nSPS) is 23.3. The Labute approximate surface area is 152 Å². The number of hydrogen-bond donors (Lipinski definition) is 1. The summed E-state index contributed by atoms with van der Waals surface area (Å²) in [6, 6.07) is 7.50. The fourth-order valence-corrected chi connectivity index (χ4v) is 3.81. The highest BCUT2D eigenvalue weighted by molar-refractivity contribution is 5.78. The molecule has 0 unspecified atom stereocenters.